The van der Waals surface area contributed by atoms with E-state index in [1.807, 2.05) is 0 Å². The van der Waals surface area contributed by atoms with Crippen molar-refractivity contribution in [3.8, 4) is 0 Å². The Morgan fingerprint density at radius 3 is 2.69 bits per heavy atom. The largest absolute Gasteiger partial charge is 0.481 e. The van der Waals surface area contributed by atoms with Crippen molar-refractivity contribution < 1.29 is 9.90 Å². The first-order valence-corrected chi connectivity index (χ1v) is 6.15. The van der Waals surface area contributed by atoms with Crippen LogP contribution in [0.3, 0.4) is 0 Å². The van der Waals surface area contributed by atoms with Gasteiger partial charge in [-0.15, -0.1) is 0 Å². The maximum Gasteiger partial charge on any atom is 0.303 e. The fourth-order valence-corrected chi connectivity index (χ4v) is 2.65. The summed E-state index contributed by atoms with van der Waals surface area (Å²) in [5.74, 6) is -0.310. The molecular weight excluding hydrogens is 204 g/mol. The molecule has 4 nitrogen and oxygen atoms in total. The van der Waals surface area contributed by atoms with Crippen LogP contribution in [0.2, 0.25) is 0 Å². The van der Waals surface area contributed by atoms with E-state index in [9.17, 15) is 4.79 Å². The number of hydrogen-bond donors (Lipinski definition) is 1. The van der Waals surface area contributed by atoms with Crippen molar-refractivity contribution in [2.24, 2.45) is 5.92 Å². The fourth-order valence-electron chi connectivity index (χ4n) is 2.65. The van der Waals surface area contributed by atoms with E-state index in [0.717, 1.165) is 32.5 Å². The predicted molar refractivity (Wildman–Crippen MR) is 64.6 cm³/mol. The lowest BCUT2D eigenvalue weighted by Gasteiger charge is -2.27. The molecule has 0 aromatic carbocycles. The van der Waals surface area contributed by atoms with Crippen LogP contribution in [0.15, 0.2) is 0 Å². The smallest absolute Gasteiger partial charge is 0.303 e. The minimum absolute atomic E-state index is 0.328. The molecule has 0 radical (unpaired) electrons. The third-order valence-electron chi connectivity index (χ3n) is 3.52. The average molecular weight is 228 g/mol. The zero-order valence-corrected chi connectivity index (χ0v) is 10.6. The van der Waals surface area contributed by atoms with E-state index in [0.29, 0.717) is 18.4 Å². The molecular formula is C12H24N2O2. The molecule has 1 saturated heterocycles. The van der Waals surface area contributed by atoms with Crippen LogP contribution in [0.5, 0.6) is 0 Å². The van der Waals surface area contributed by atoms with Gasteiger partial charge in [-0.2, -0.15) is 0 Å². The van der Waals surface area contributed by atoms with Gasteiger partial charge in [0, 0.05) is 12.5 Å². The van der Waals surface area contributed by atoms with Crippen LogP contribution < -0.4 is 0 Å². The minimum atomic E-state index is -0.655. The Hall–Kier alpha value is -0.610. The van der Waals surface area contributed by atoms with E-state index < -0.39 is 5.97 Å². The lowest BCUT2D eigenvalue weighted by atomic mass is 9.94. The molecule has 0 aliphatic carbocycles. The van der Waals surface area contributed by atoms with Crippen LogP contribution in [0.25, 0.3) is 0 Å². The summed E-state index contributed by atoms with van der Waals surface area (Å²) >= 11 is 0. The highest BCUT2D eigenvalue weighted by atomic mass is 16.4. The van der Waals surface area contributed by atoms with Crippen molar-refractivity contribution in [3.05, 3.63) is 0 Å². The molecule has 0 aromatic rings. The molecule has 0 aromatic heterocycles. The van der Waals surface area contributed by atoms with Gasteiger partial charge in [-0.1, -0.05) is 6.92 Å². The van der Waals surface area contributed by atoms with Gasteiger partial charge in [-0.3, -0.25) is 4.79 Å². The van der Waals surface area contributed by atoms with Crippen molar-refractivity contribution in [2.75, 3.05) is 33.7 Å². The summed E-state index contributed by atoms with van der Waals surface area (Å²) in [4.78, 5) is 15.4. The molecule has 1 fully saturated rings. The second-order valence-electron chi connectivity index (χ2n) is 4.93. The van der Waals surface area contributed by atoms with Gasteiger partial charge < -0.3 is 14.9 Å². The molecule has 4 heteroatoms. The first kappa shape index (κ1) is 13.5. The van der Waals surface area contributed by atoms with Crippen LogP contribution in [0.4, 0.5) is 0 Å². The second kappa shape index (κ2) is 6.21. The van der Waals surface area contributed by atoms with E-state index in [2.05, 4.69) is 30.8 Å². The minimum Gasteiger partial charge on any atom is -0.481 e. The SMILES string of the molecule is CCN1CC[C@H](CC(=O)O)[C@H]1CCN(C)C. The van der Waals surface area contributed by atoms with Crippen LogP contribution in [-0.4, -0.2) is 60.6 Å². The number of nitrogens with zero attached hydrogens (tertiary/aromatic N) is 2. The Morgan fingerprint density at radius 1 is 1.50 bits per heavy atom. The van der Waals surface area contributed by atoms with Crippen molar-refractivity contribution in [1.82, 2.24) is 9.80 Å². The normalized spacial score (nSPS) is 26.5. The van der Waals surface area contributed by atoms with E-state index in [-0.39, 0.29) is 0 Å². The quantitative estimate of drug-likeness (QED) is 0.740. The summed E-state index contributed by atoms with van der Waals surface area (Å²) in [5.41, 5.74) is 0. The fraction of sp³-hybridized carbons (Fsp3) is 0.917. The molecule has 0 spiro atoms. The summed E-state index contributed by atoms with van der Waals surface area (Å²) in [6.45, 7) is 5.30. The second-order valence-corrected chi connectivity index (χ2v) is 4.93. The number of carboxylic acid groups (broad SMARTS) is 1. The number of rotatable bonds is 6. The summed E-state index contributed by atoms with van der Waals surface area (Å²) in [6, 6.07) is 0.462. The van der Waals surface area contributed by atoms with E-state index >= 15 is 0 Å². The Kier molecular flexibility index (Phi) is 5.22. The lowest BCUT2D eigenvalue weighted by Crippen LogP contribution is -2.35. The number of likely N-dealkylation sites (tertiary alicyclic amines) is 1. The molecule has 0 amide bonds. The van der Waals surface area contributed by atoms with Gasteiger partial charge in [0.15, 0.2) is 0 Å². The number of hydrogen-bond acceptors (Lipinski definition) is 3. The standard InChI is InChI=1S/C12H24N2O2/c1-4-14-8-5-10(9-12(15)16)11(14)6-7-13(2)3/h10-11H,4-9H2,1-3H3,(H,15,16)/t10-,11-/m1/s1. The number of carbonyl (C=O) groups is 1. The van der Waals surface area contributed by atoms with Crippen molar-refractivity contribution in [1.29, 1.82) is 0 Å². The summed E-state index contributed by atoms with van der Waals surface area (Å²) in [5, 5.41) is 8.90. The first-order valence-electron chi connectivity index (χ1n) is 6.15. The molecule has 0 unspecified atom stereocenters. The Labute approximate surface area is 98.2 Å². The van der Waals surface area contributed by atoms with Crippen molar-refractivity contribution in [3.63, 3.8) is 0 Å². The van der Waals surface area contributed by atoms with Gasteiger partial charge in [0.25, 0.3) is 0 Å². The highest BCUT2D eigenvalue weighted by Gasteiger charge is 2.33. The van der Waals surface area contributed by atoms with Crippen molar-refractivity contribution >= 4 is 5.97 Å². The Balaban J connectivity index is 2.52. The van der Waals surface area contributed by atoms with Crippen LogP contribution in [0, 0.1) is 5.92 Å². The first-order chi connectivity index (χ1) is 7.54. The lowest BCUT2D eigenvalue weighted by molar-refractivity contribution is -0.138. The molecule has 1 rings (SSSR count). The molecule has 0 bridgehead atoms. The highest BCUT2D eigenvalue weighted by Crippen LogP contribution is 2.29. The summed E-state index contributed by atoms with van der Waals surface area (Å²) < 4.78 is 0. The van der Waals surface area contributed by atoms with E-state index in [4.69, 9.17) is 5.11 Å². The molecule has 1 heterocycles. The number of aliphatic carboxylic acids is 1. The van der Waals surface area contributed by atoms with Gasteiger partial charge in [0.05, 0.1) is 0 Å². The molecule has 2 atom stereocenters. The van der Waals surface area contributed by atoms with Gasteiger partial charge >= 0.3 is 5.97 Å². The van der Waals surface area contributed by atoms with Gasteiger partial charge in [0.1, 0.15) is 0 Å². The molecule has 1 aliphatic rings. The van der Waals surface area contributed by atoms with Gasteiger partial charge in [-0.25, -0.2) is 0 Å². The average Bonchev–Trinajstić information content (AvgIpc) is 2.56. The molecule has 16 heavy (non-hydrogen) atoms. The molecule has 94 valence electrons. The summed E-state index contributed by atoms with van der Waals surface area (Å²) in [6.07, 6.45) is 2.45. The van der Waals surface area contributed by atoms with Crippen LogP contribution in [0.1, 0.15) is 26.2 Å². The monoisotopic (exact) mass is 228 g/mol. The summed E-state index contributed by atoms with van der Waals surface area (Å²) in [7, 11) is 4.13. The van der Waals surface area contributed by atoms with E-state index in [1.165, 1.54) is 0 Å². The zero-order chi connectivity index (χ0) is 12.1. The Bertz CT molecular complexity index is 231. The maximum absolute atomic E-state index is 10.8. The molecule has 0 saturated carbocycles. The predicted octanol–water partition coefficient (Wildman–Crippen LogP) is 1.12. The highest BCUT2D eigenvalue weighted by molar-refractivity contribution is 5.67. The maximum atomic E-state index is 10.8. The molecule has 1 aliphatic heterocycles. The van der Waals surface area contributed by atoms with E-state index in [1.54, 1.807) is 0 Å². The third kappa shape index (κ3) is 3.76. The topological polar surface area (TPSA) is 43.8 Å². The van der Waals surface area contributed by atoms with Gasteiger partial charge in [-0.05, 0) is 52.5 Å². The van der Waals surface area contributed by atoms with Gasteiger partial charge in [0.2, 0.25) is 0 Å². The van der Waals surface area contributed by atoms with Crippen LogP contribution in [-0.2, 0) is 4.79 Å². The third-order valence-corrected chi connectivity index (χ3v) is 3.52. The number of carboxylic acids is 1. The van der Waals surface area contributed by atoms with Crippen LogP contribution >= 0.6 is 0 Å². The Morgan fingerprint density at radius 2 is 2.19 bits per heavy atom. The molecule has 1 N–H and O–H groups in total. The zero-order valence-electron chi connectivity index (χ0n) is 10.6. The van der Waals surface area contributed by atoms with Crippen molar-refractivity contribution in [2.45, 2.75) is 32.2 Å².